The van der Waals surface area contributed by atoms with E-state index >= 15 is 0 Å². The van der Waals surface area contributed by atoms with Crippen LogP contribution in [-0.2, 0) is 9.47 Å². The van der Waals surface area contributed by atoms with Crippen molar-refractivity contribution in [2.24, 2.45) is 0 Å². The first-order valence-corrected chi connectivity index (χ1v) is 12.8. The molecule has 0 bridgehead atoms. The van der Waals surface area contributed by atoms with E-state index in [-0.39, 0.29) is 28.7 Å². The van der Waals surface area contributed by atoms with Crippen molar-refractivity contribution in [2.45, 2.75) is 25.9 Å². The molecular weight excluding hydrogens is 513 g/mol. The second-order valence-corrected chi connectivity index (χ2v) is 9.74. The average molecular weight is 542 g/mol. The van der Waals surface area contributed by atoms with Crippen molar-refractivity contribution in [3.05, 3.63) is 53.2 Å². The molecule has 0 radical (unpaired) electrons. The molecule has 0 N–H and O–H groups in total. The van der Waals surface area contributed by atoms with Gasteiger partial charge in [-0.2, -0.15) is 4.98 Å². The molecule has 0 saturated carbocycles. The zero-order chi connectivity index (χ0) is 26.8. The number of aromatic nitrogens is 4. The first kappa shape index (κ1) is 26.1. The Bertz CT molecular complexity index is 1310. The van der Waals surface area contributed by atoms with Crippen molar-refractivity contribution in [3.63, 3.8) is 0 Å². The van der Waals surface area contributed by atoms with E-state index in [9.17, 15) is 9.18 Å². The minimum Gasteiger partial charge on any atom is -0.464 e. The number of piperazine rings is 1. The molecule has 12 heteroatoms. The third-order valence-corrected chi connectivity index (χ3v) is 7.05. The smallest absolute Gasteiger partial charge is 0.358 e. The van der Waals surface area contributed by atoms with Crippen molar-refractivity contribution in [2.75, 3.05) is 61.2 Å². The Balaban J connectivity index is 1.43. The number of hydrogen-bond donors (Lipinski definition) is 0. The van der Waals surface area contributed by atoms with Crippen LogP contribution in [0.25, 0.3) is 11.3 Å². The number of carbonyl (C=O) groups is 1. The van der Waals surface area contributed by atoms with E-state index in [1.165, 1.54) is 25.4 Å². The van der Waals surface area contributed by atoms with Gasteiger partial charge in [0.05, 0.1) is 38.3 Å². The van der Waals surface area contributed by atoms with E-state index in [1.807, 2.05) is 11.0 Å². The van der Waals surface area contributed by atoms with Crippen molar-refractivity contribution in [1.29, 1.82) is 0 Å². The molecule has 3 aromatic rings. The highest BCUT2D eigenvalue weighted by Crippen LogP contribution is 2.30. The van der Waals surface area contributed by atoms with Crippen LogP contribution in [0.1, 0.15) is 24.3 Å². The molecule has 0 amide bonds. The van der Waals surface area contributed by atoms with Gasteiger partial charge in [0.25, 0.3) is 0 Å². The summed E-state index contributed by atoms with van der Waals surface area (Å²) in [5.41, 5.74) is 1.61. The zero-order valence-electron chi connectivity index (χ0n) is 21.5. The van der Waals surface area contributed by atoms with Crippen LogP contribution in [0.4, 0.5) is 22.0 Å². The Kier molecular flexibility index (Phi) is 7.57. The summed E-state index contributed by atoms with van der Waals surface area (Å²) >= 11 is 6.39. The SMILES string of the molecule is COC(=O)c1cnc(N2CCN(c3cc(-c4ccc(F)cc4)nc(N4CCOC[C@H]4C)n3)C(C)C2)c(Cl)n1. The number of hydrogen-bond acceptors (Lipinski definition) is 10. The second-order valence-electron chi connectivity index (χ2n) is 9.39. The lowest BCUT2D eigenvalue weighted by Crippen LogP contribution is -2.53. The third-order valence-electron chi connectivity index (χ3n) is 6.79. The monoisotopic (exact) mass is 541 g/mol. The maximum atomic E-state index is 13.6. The fourth-order valence-corrected chi connectivity index (χ4v) is 5.02. The largest absolute Gasteiger partial charge is 0.464 e. The lowest BCUT2D eigenvalue weighted by atomic mass is 10.1. The summed E-state index contributed by atoms with van der Waals surface area (Å²) in [5.74, 6) is 1.05. The van der Waals surface area contributed by atoms with Crippen molar-refractivity contribution >= 4 is 35.2 Å². The van der Waals surface area contributed by atoms with Crippen LogP contribution >= 0.6 is 11.6 Å². The summed E-state index contributed by atoms with van der Waals surface area (Å²) in [6.45, 7) is 7.98. The maximum absolute atomic E-state index is 13.6. The Morgan fingerprint density at radius 2 is 1.87 bits per heavy atom. The Hall–Kier alpha value is -3.57. The molecule has 2 saturated heterocycles. The second kappa shape index (κ2) is 11.0. The quantitative estimate of drug-likeness (QED) is 0.447. The van der Waals surface area contributed by atoms with Crippen LogP contribution in [0.2, 0.25) is 5.15 Å². The van der Waals surface area contributed by atoms with Gasteiger partial charge in [-0.1, -0.05) is 11.6 Å². The molecule has 5 rings (SSSR count). The highest BCUT2D eigenvalue weighted by atomic mass is 35.5. The van der Waals surface area contributed by atoms with Gasteiger partial charge in [-0.15, -0.1) is 0 Å². The van der Waals surface area contributed by atoms with Crippen LogP contribution in [-0.4, -0.2) is 84.5 Å². The first-order valence-electron chi connectivity index (χ1n) is 12.5. The van der Waals surface area contributed by atoms with Gasteiger partial charge >= 0.3 is 5.97 Å². The number of methoxy groups -OCH3 is 1. The van der Waals surface area contributed by atoms with Crippen LogP contribution in [0.15, 0.2) is 36.5 Å². The predicted octanol–water partition coefficient (Wildman–Crippen LogP) is 3.45. The number of nitrogens with zero attached hydrogens (tertiary/aromatic N) is 7. The fraction of sp³-hybridized carbons (Fsp3) is 0.423. The molecule has 2 fully saturated rings. The summed E-state index contributed by atoms with van der Waals surface area (Å²) in [6, 6.07) is 8.46. The average Bonchev–Trinajstić information content (AvgIpc) is 2.93. The number of halogens is 2. The van der Waals surface area contributed by atoms with Crippen LogP contribution in [0, 0.1) is 5.82 Å². The van der Waals surface area contributed by atoms with Crippen molar-refractivity contribution < 1.29 is 18.7 Å². The van der Waals surface area contributed by atoms with E-state index < -0.39 is 5.97 Å². The van der Waals surface area contributed by atoms with E-state index in [1.54, 1.807) is 12.1 Å². The van der Waals surface area contributed by atoms with E-state index in [0.717, 1.165) is 17.1 Å². The maximum Gasteiger partial charge on any atom is 0.358 e. The molecule has 2 aliphatic heterocycles. The topological polar surface area (TPSA) is 96.8 Å². The molecule has 0 spiro atoms. The van der Waals surface area contributed by atoms with Gasteiger partial charge in [-0.05, 0) is 38.1 Å². The molecule has 1 unspecified atom stereocenters. The number of anilines is 3. The molecule has 2 aromatic heterocycles. The summed E-state index contributed by atoms with van der Waals surface area (Å²) in [4.78, 5) is 36.6. The Morgan fingerprint density at radius 1 is 1.08 bits per heavy atom. The molecule has 1 aromatic carbocycles. The third kappa shape index (κ3) is 5.34. The number of ether oxygens (including phenoxy) is 2. The number of morpholine rings is 1. The van der Waals surface area contributed by atoms with E-state index in [2.05, 4.69) is 33.6 Å². The van der Waals surface area contributed by atoms with Crippen LogP contribution in [0.5, 0.6) is 0 Å². The molecule has 4 heterocycles. The lowest BCUT2D eigenvalue weighted by Gasteiger charge is -2.41. The zero-order valence-corrected chi connectivity index (χ0v) is 22.2. The van der Waals surface area contributed by atoms with Crippen molar-refractivity contribution in [3.8, 4) is 11.3 Å². The summed E-state index contributed by atoms with van der Waals surface area (Å²) < 4.78 is 23.9. The van der Waals surface area contributed by atoms with E-state index in [4.69, 9.17) is 31.0 Å². The number of esters is 1. The molecule has 2 aliphatic rings. The summed E-state index contributed by atoms with van der Waals surface area (Å²) in [5, 5.41) is 0.151. The van der Waals surface area contributed by atoms with Crippen molar-refractivity contribution in [1.82, 2.24) is 19.9 Å². The van der Waals surface area contributed by atoms with Gasteiger partial charge < -0.3 is 24.2 Å². The van der Waals surface area contributed by atoms with Crippen LogP contribution < -0.4 is 14.7 Å². The summed E-state index contributed by atoms with van der Waals surface area (Å²) in [6.07, 6.45) is 1.37. The Morgan fingerprint density at radius 3 is 2.55 bits per heavy atom. The highest BCUT2D eigenvalue weighted by Gasteiger charge is 2.30. The molecular formula is C26H29ClFN7O3. The molecule has 200 valence electrons. The standard InChI is InChI=1S/C26H29ClFN7O3/c1-16-14-33(24-23(27)30-21(13-29-24)25(36)37-3)8-9-34(16)22-12-20(18-4-6-19(28)7-5-18)31-26(32-22)35-10-11-38-15-17(35)2/h4-7,12-13,16-17H,8-11,14-15H2,1-3H3/t16?,17-/m1/s1. The number of carbonyl (C=O) groups excluding carboxylic acids is 1. The van der Waals surface area contributed by atoms with Gasteiger partial charge in [0.1, 0.15) is 11.6 Å². The normalized spacial score (nSPS) is 20.0. The predicted molar refractivity (Wildman–Crippen MR) is 142 cm³/mol. The first-order chi connectivity index (χ1) is 18.3. The van der Waals surface area contributed by atoms with Gasteiger partial charge in [0.2, 0.25) is 5.95 Å². The lowest BCUT2D eigenvalue weighted by molar-refractivity contribution is 0.0593. The fourth-order valence-electron chi connectivity index (χ4n) is 4.76. The molecule has 0 aliphatic carbocycles. The summed E-state index contributed by atoms with van der Waals surface area (Å²) in [7, 11) is 1.28. The number of rotatable bonds is 5. The molecule has 10 nitrogen and oxygen atoms in total. The molecule has 2 atom stereocenters. The molecule has 38 heavy (non-hydrogen) atoms. The van der Waals surface area contributed by atoms with Gasteiger partial charge in [-0.3, -0.25) is 0 Å². The van der Waals surface area contributed by atoms with Gasteiger partial charge in [0, 0.05) is 43.9 Å². The number of benzene rings is 1. The van der Waals surface area contributed by atoms with E-state index in [0.29, 0.717) is 51.2 Å². The van der Waals surface area contributed by atoms with Crippen LogP contribution in [0.3, 0.4) is 0 Å². The minimum absolute atomic E-state index is 0.0489. The van der Waals surface area contributed by atoms with Gasteiger partial charge in [0.15, 0.2) is 16.7 Å². The highest BCUT2D eigenvalue weighted by molar-refractivity contribution is 6.31. The minimum atomic E-state index is -0.588. The van der Waals surface area contributed by atoms with Gasteiger partial charge in [-0.25, -0.2) is 24.1 Å². The Labute approximate surface area is 225 Å².